The number of carbonyl (C=O) groups is 2. The van der Waals surface area contributed by atoms with Crippen molar-refractivity contribution in [2.75, 3.05) is 0 Å². The lowest BCUT2D eigenvalue weighted by molar-refractivity contribution is -0.146. The zero-order valence-corrected chi connectivity index (χ0v) is 13.2. The van der Waals surface area contributed by atoms with Crippen LogP contribution in [-0.2, 0) is 19.1 Å². The number of esters is 2. The van der Waals surface area contributed by atoms with Gasteiger partial charge < -0.3 is 9.47 Å². The number of allylic oxidation sites excluding steroid dienone is 2. The average molecular weight is 306 g/mol. The van der Waals surface area contributed by atoms with Crippen LogP contribution < -0.4 is 0 Å². The highest BCUT2D eigenvalue weighted by Gasteiger charge is 2.37. The highest BCUT2D eigenvalue weighted by atomic mass is 16.6. The van der Waals surface area contributed by atoms with Gasteiger partial charge in [0, 0.05) is 0 Å². The summed E-state index contributed by atoms with van der Waals surface area (Å²) in [4.78, 5) is 23.7. The Morgan fingerprint density at radius 1 is 0.818 bits per heavy atom. The van der Waals surface area contributed by atoms with Crippen molar-refractivity contribution >= 4 is 11.9 Å². The fourth-order valence-electron chi connectivity index (χ4n) is 3.28. The van der Waals surface area contributed by atoms with E-state index in [1.54, 1.807) is 0 Å². The number of ether oxygens (including phenoxy) is 2. The van der Waals surface area contributed by atoms with Crippen LogP contribution in [0.3, 0.4) is 0 Å². The predicted molar refractivity (Wildman–Crippen MR) is 84.1 cm³/mol. The number of rotatable bonds is 9. The molecule has 4 unspecified atom stereocenters. The molecule has 4 nitrogen and oxygen atoms in total. The van der Waals surface area contributed by atoms with Crippen LogP contribution in [0, 0.1) is 11.8 Å². The third kappa shape index (κ3) is 4.46. The SMILES string of the molecule is C=CCCC1CC(CCC2CC(CCC=C)OC2=O)C(=O)O1. The van der Waals surface area contributed by atoms with Crippen molar-refractivity contribution in [3.63, 3.8) is 0 Å². The number of hydrogen-bond donors (Lipinski definition) is 0. The normalized spacial score (nSPS) is 30.9. The van der Waals surface area contributed by atoms with Crippen molar-refractivity contribution in [2.24, 2.45) is 11.8 Å². The Morgan fingerprint density at radius 2 is 1.23 bits per heavy atom. The van der Waals surface area contributed by atoms with Crippen LogP contribution in [0.4, 0.5) is 0 Å². The molecule has 0 spiro atoms. The van der Waals surface area contributed by atoms with Crippen LogP contribution in [-0.4, -0.2) is 24.1 Å². The zero-order valence-electron chi connectivity index (χ0n) is 13.2. The summed E-state index contributed by atoms with van der Waals surface area (Å²) < 4.78 is 10.8. The maximum absolute atomic E-state index is 11.9. The van der Waals surface area contributed by atoms with Gasteiger partial charge in [0.15, 0.2) is 0 Å². The Labute approximate surface area is 132 Å². The molecule has 22 heavy (non-hydrogen) atoms. The smallest absolute Gasteiger partial charge is 0.309 e. The molecule has 2 saturated heterocycles. The fraction of sp³-hybridized carbons (Fsp3) is 0.667. The summed E-state index contributed by atoms with van der Waals surface area (Å²) >= 11 is 0. The molecule has 0 aromatic carbocycles. The summed E-state index contributed by atoms with van der Waals surface area (Å²) in [6, 6.07) is 0. The van der Waals surface area contributed by atoms with Crippen LogP contribution >= 0.6 is 0 Å². The number of cyclic esters (lactones) is 2. The van der Waals surface area contributed by atoms with Gasteiger partial charge in [-0.1, -0.05) is 12.2 Å². The Balaban J connectivity index is 1.73. The number of carbonyl (C=O) groups excluding carboxylic acids is 2. The summed E-state index contributed by atoms with van der Waals surface area (Å²) in [6.07, 6.45) is 10.1. The third-order valence-electron chi connectivity index (χ3n) is 4.58. The van der Waals surface area contributed by atoms with E-state index in [2.05, 4.69) is 13.2 Å². The van der Waals surface area contributed by atoms with Crippen molar-refractivity contribution in [3.05, 3.63) is 25.3 Å². The molecular weight excluding hydrogens is 280 g/mol. The Morgan fingerprint density at radius 3 is 1.59 bits per heavy atom. The topological polar surface area (TPSA) is 52.6 Å². The molecule has 0 amide bonds. The van der Waals surface area contributed by atoms with Crippen LogP contribution in [0.1, 0.15) is 51.4 Å². The van der Waals surface area contributed by atoms with Crippen molar-refractivity contribution in [2.45, 2.75) is 63.6 Å². The summed E-state index contributed by atoms with van der Waals surface area (Å²) in [7, 11) is 0. The molecule has 2 fully saturated rings. The van der Waals surface area contributed by atoms with Gasteiger partial charge in [0.2, 0.25) is 0 Å². The van der Waals surface area contributed by atoms with Crippen molar-refractivity contribution < 1.29 is 19.1 Å². The highest BCUT2D eigenvalue weighted by molar-refractivity contribution is 5.76. The number of hydrogen-bond acceptors (Lipinski definition) is 4. The first kappa shape index (κ1) is 16.8. The van der Waals surface area contributed by atoms with E-state index in [-0.39, 0.29) is 36.0 Å². The standard InChI is InChI=1S/C18H26O4/c1-3-5-7-15-11-13(17(19)21-15)9-10-14-12-16(8-6-4-2)22-18(14)20/h3-4,13-16H,1-2,5-12H2. The van der Waals surface area contributed by atoms with Crippen LogP contribution in [0.15, 0.2) is 25.3 Å². The van der Waals surface area contributed by atoms with Crippen LogP contribution in [0.2, 0.25) is 0 Å². The van der Waals surface area contributed by atoms with Crippen molar-refractivity contribution in [1.82, 2.24) is 0 Å². The Bertz CT molecular complexity index is 389. The lowest BCUT2D eigenvalue weighted by Crippen LogP contribution is -2.13. The van der Waals surface area contributed by atoms with Gasteiger partial charge in [0.1, 0.15) is 12.2 Å². The van der Waals surface area contributed by atoms with Crippen LogP contribution in [0.5, 0.6) is 0 Å². The summed E-state index contributed by atoms with van der Waals surface area (Å²) in [5, 5.41) is 0. The van der Waals surface area contributed by atoms with Crippen molar-refractivity contribution in [3.8, 4) is 0 Å². The van der Waals surface area contributed by atoms with Gasteiger partial charge in [-0.15, -0.1) is 13.2 Å². The van der Waals surface area contributed by atoms with E-state index >= 15 is 0 Å². The van der Waals surface area contributed by atoms with E-state index in [1.165, 1.54) is 0 Å². The molecule has 2 heterocycles. The van der Waals surface area contributed by atoms with Gasteiger partial charge in [0.05, 0.1) is 11.8 Å². The van der Waals surface area contributed by atoms with E-state index < -0.39 is 0 Å². The molecule has 4 heteroatoms. The minimum atomic E-state index is -0.108. The maximum atomic E-state index is 11.9. The fourth-order valence-corrected chi connectivity index (χ4v) is 3.28. The second-order valence-electron chi connectivity index (χ2n) is 6.29. The zero-order chi connectivity index (χ0) is 15.9. The Kier molecular flexibility index (Phi) is 6.22. The second-order valence-corrected chi connectivity index (χ2v) is 6.29. The van der Waals surface area contributed by atoms with E-state index in [1.807, 2.05) is 12.2 Å². The Hall–Kier alpha value is -1.58. The first-order valence-electron chi connectivity index (χ1n) is 8.26. The van der Waals surface area contributed by atoms with Crippen molar-refractivity contribution in [1.29, 1.82) is 0 Å². The molecule has 2 rings (SSSR count). The average Bonchev–Trinajstić information content (AvgIpc) is 3.03. The molecule has 122 valence electrons. The van der Waals surface area contributed by atoms with Crippen LogP contribution in [0.25, 0.3) is 0 Å². The second kappa shape index (κ2) is 8.16. The monoisotopic (exact) mass is 306 g/mol. The molecule has 2 aliphatic rings. The van der Waals surface area contributed by atoms with Gasteiger partial charge in [-0.25, -0.2) is 0 Å². The minimum absolute atomic E-state index is 0.0198. The van der Waals surface area contributed by atoms with E-state index in [0.717, 1.165) is 51.4 Å². The summed E-state index contributed by atoms with van der Waals surface area (Å²) in [6.45, 7) is 7.37. The van der Waals surface area contributed by atoms with Gasteiger partial charge in [-0.05, 0) is 51.4 Å². The summed E-state index contributed by atoms with van der Waals surface area (Å²) in [5.41, 5.74) is 0. The molecule has 2 aliphatic heterocycles. The van der Waals surface area contributed by atoms with Gasteiger partial charge >= 0.3 is 11.9 Å². The van der Waals surface area contributed by atoms with E-state index in [0.29, 0.717) is 0 Å². The van der Waals surface area contributed by atoms with E-state index in [4.69, 9.17) is 9.47 Å². The molecule has 4 atom stereocenters. The predicted octanol–water partition coefficient (Wildman–Crippen LogP) is 3.56. The lowest BCUT2D eigenvalue weighted by Gasteiger charge is -2.08. The molecule has 0 radical (unpaired) electrons. The largest absolute Gasteiger partial charge is 0.462 e. The molecule has 0 aromatic heterocycles. The minimum Gasteiger partial charge on any atom is -0.462 e. The maximum Gasteiger partial charge on any atom is 0.309 e. The molecule has 0 aromatic rings. The molecule has 0 bridgehead atoms. The van der Waals surface area contributed by atoms with Gasteiger partial charge in [-0.2, -0.15) is 0 Å². The summed E-state index contributed by atoms with van der Waals surface area (Å²) in [5.74, 6) is -0.336. The molecular formula is C18H26O4. The quantitative estimate of drug-likeness (QED) is 0.483. The van der Waals surface area contributed by atoms with Gasteiger partial charge in [-0.3, -0.25) is 9.59 Å². The third-order valence-corrected chi connectivity index (χ3v) is 4.58. The van der Waals surface area contributed by atoms with E-state index in [9.17, 15) is 9.59 Å². The first-order chi connectivity index (χ1) is 10.6. The lowest BCUT2D eigenvalue weighted by atomic mass is 9.90. The molecule has 0 saturated carbocycles. The molecule has 0 N–H and O–H groups in total. The highest BCUT2D eigenvalue weighted by Crippen LogP contribution is 2.33. The first-order valence-corrected chi connectivity index (χ1v) is 8.26. The molecule has 0 aliphatic carbocycles. The van der Waals surface area contributed by atoms with Gasteiger partial charge in [0.25, 0.3) is 0 Å².